The van der Waals surface area contributed by atoms with Crippen LogP contribution in [0, 0.1) is 0 Å². The van der Waals surface area contributed by atoms with Gasteiger partial charge in [0.25, 0.3) is 0 Å². The minimum Gasteiger partial charge on any atom is -0.505 e. The molecule has 0 aliphatic heterocycles. The summed E-state index contributed by atoms with van der Waals surface area (Å²) in [5.41, 5.74) is 0.317. The molecule has 1 heterocycles. The first kappa shape index (κ1) is 13.8. The topological polar surface area (TPSA) is 75.2 Å². The lowest BCUT2D eigenvalue weighted by Crippen LogP contribution is -1.98. The molecule has 0 saturated heterocycles. The summed E-state index contributed by atoms with van der Waals surface area (Å²) in [4.78, 5) is 12.0. The van der Waals surface area contributed by atoms with E-state index in [0.29, 0.717) is 11.3 Å². The molecule has 0 aliphatic rings. The summed E-state index contributed by atoms with van der Waals surface area (Å²) in [6, 6.07) is 19.3. The van der Waals surface area contributed by atoms with E-state index in [1.807, 2.05) is 24.3 Å². The molecule has 3 aromatic rings. The minimum absolute atomic E-state index is 0.219. The zero-order valence-corrected chi connectivity index (χ0v) is 11.5. The Morgan fingerprint density at radius 1 is 0.864 bits per heavy atom. The fraction of sp³-hybridized carbons (Fsp3) is 0. The van der Waals surface area contributed by atoms with Crippen LogP contribution in [0.3, 0.4) is 0 Å². The van der Waals surface area contributed by atoms with Gasteiger partial charge in [-0.15, -0.1) is 5.11 Å². The van der Waals surface area contributed by atoms with Crippen molar-refractivity contribution in [3.63, 3.8) is 0 Å². The van der Waals surface area contributed by atoms with Crippen molar-refractivity contribution < 1.29 is 9.52 Å². The third-order valence-electron chi connectivity index (χ3n) is 2.99. The highest BCUT2D eigenvalue weighted by Crippen LogP contribution is 2.29. The number of hydrogen-bond acceptors (Lipinski definition) is 5. The van der Waals surface area contributed by atoms with Crippen LogP contribution in [0.25, 0.3) is 11.3 Å². The molecule has 0 amide bonds. The fourth-order valence-electron chi connectivity index (χ4n) is 1.91. The number of azo groups is 1. The SMILES string of the molecule is O=c1oc(-c2ccccc2)cc(O)c1N=Nc1ccccc1. The summed E-state index contributed by atoms with van der Waals surface area (Å²) in [6.07, 6.45) is 0. The summed E-state index contributed by atoms with van der Waals surface area (Å²) in [5.74, 6) is 0.0107. The Morgan fingerprint density at radius 2 is 1.50 bits per heavy atom. The molecule has 108 valence electrons. The van der Waals surface area contributed by atoms with Crippen molar-refractivity contribution in [3.8, 4) is 17.1 Å². The lowest BCUT2D eigenvalue weighted by atomic mass is 10.1. The molecule has 1 aromatic heterocycles. The van der Waals surface area contributed by atoms with Gasteiger partial charge < -0.3 is 9.52 Å². The lowest BCUT2D eigenvalue weighted by Gasteiger charge is -2.02. The van der Waals surface area contributed by atoms with Crippen LogP contribution in [-0.4, -0.2) is 5.11 Å². The Hall–Kier alpha value is -3.21. The van der Waals surface area contributed by atoms with Gasteiger partial charge in [-0.05, 0) is 12.1 Å². The number of hydrogen-bond donors (Lipinski definition) is 1. The van der Waals surface area contributed by atoms with E-state index in [-0.39, 0.29) is 17.2 Å². The molecule has 22 heavy (non-hydrogen) atoms. The molecule has 0 saturated carbocycles. The zero-order chi connectivity index (χ0) is 15.4. The van der Waals surface area contributed by atoms with E-state index in [1.165, 1.54) is 6.07 Å². The van der Waals surface area contributed by atoms with E-state index in [4.69, 9.17) is 4.42 Å². The van der Waals surface area contributed by atoms with Crippen LogP contribution in [-0.2, 0) is 0 Å². The van der Waals surface area contributed by atoms with Crippen molar-refractivity contribution in [3.05, 3.63) is 77.2 Å². The van der Waals surface area contributed by atoms with Crippen LogP contribution >= 0.6 is 0 Å². The molecule has 0 aliphatic carbocycles. The van der Waals surface area contributed by atoms with Gasteiger partial charge >= 0.3 is 5.63 Å². The highest BCUT2D eigenvalue weighted by atomic mass is 16.4. The molecule has 5 heteroatoms. The van der Waals surface area contributed by atoms with Crippen molar-refractivity contribution in [2.75, 3.05) is 0 Å². The second kappa shape index (κ2) is 6.05. The molecule has 0 atom stereocenters. The third-order valence-corrected chi connectivity index (χ3v) is 2.99. The second-order valence-electron chi connectivity index (χ2n) is 4.53. The summed E-state index contributed by atoms with van der Waals surface area (Å²) >= 11 is 0. The second-order valence-corrected chi connectivity index (χ2v) is 4.53. The van der Waals surface area contributed by atoms with Crippen LogP contribution < -0.4 is 5.63 Å². The van der Waals surface area contributed by atoms with Gasteiger partial charge in [-0.1, -0.05) is 48.5 Å². The van der Waals surface area contributed by atoms with E-state index < -0.39 is 5.63 Å². The van der Waals surface area contributed by atoms with Crippen molar-refractivity contribution in [2.24, 2.45) is 10.2 Å². The van der Waals surface area contributed by atoms with Crippen LogP contribution in [0.1, 0.15) is 0 Å². The normalized spacial score (nSPS) is 10.9. The molecular formula is C17H12N2O3. The largest absolute Gasteiger partial charge is 0.505 e. The number of rotatable bonds is 3. The Kier molecular flexibility index (Phi) is 3.78. The maximum absolute atomic E-state index is 12.0. The number of benzene rings is 2. The third kappa shape index (κ3) is 2.93. The summed E-state index contributed by atoms with van der Waals surface area (Å²) in [5, 5.41) is 17.7. The summed E-state index contributed by atoms with van der Waals surface area (Å²) in [7, 11) is 0. The van der Waals surface area contributed by atoms with Gasteiger partial charge in [-0.2, -0.15) is 5.11 Å². The zero-order valence-electron chi connectivity index (χ0n) is 11.5. The molecule has 5 nitrogen and oxygen atoms in total. The molecule has 2 aromatic carbocycles. The van der Waals surface area contributed by atoms with Crippen molar-refractivity contribution in [2.45, 2.75) is 0 Å². The molecule has 0 bridgehead atoms. The van der Waals surface area contributed by atoms with Crippen molar-refractivity contribution in [1.82, 2.24) is 0 Å². The van der Waals surface area contributed by atoms with Crippen molar-refractivity contribution >= 4 is 11.4 Å². The van der Waals surface area contributed by atoms with Crippen LogP contribution in [0.4, 0.5) is 11.4 Å². The first-order valence-corrected chi connectivity index (χ1v) is 6.63. The van der Waals surface area contributed by atoms with Crippen LogP contribution in [0.5, 0.6) is 5.75 Å². The highest BCUT2D eigenvalue weighted by molar-refractivity contribution is 5.62. The van der Waals surface area contributed by atoms with E-state index in [0.717, 1.165) is 0 Å². The molecule has 0 radical (unpaired) electrons. The molecule has 1 N–H and O–H groups in total. The molecule has 0 fully saturated rings. The standard InChI is InChI=1S/C17H12N2O3/c20-14-11-15(12-7-3-1-4-8-12)22-17(21)16(14)19-18-13-9-5-2-6-10-13/h1-11,20H. The minimum atomic E-state index is -0.737. The van der Waals surface area contributed by atoms with Gasteiger partial charge in [0.05, 0.1) is 5.69 Å². The maximum atomic E-state index is 12.0. The lowest BCUT2D eigenvalue weighted by molar-refractivity contribution is 0.455. The average molecular weight is 292 g/mol. The fourth-order valence-corrected chi connectivity index (χ4v) is 1.91. The van der Waals surface area contributed by atoms with Gasteiger partial charge in [0.1, 0.15) is 5.76 Å². The first-order valence-electron chi connectivity index (χ1n) is 6.63. The maximum Gasteiger partial charge on any atom is 0.368 e. The Bertz CT molecular complexity index is 856. The van der Waals surface area contributed by atoms with Gasteiger partial charge in [-0.25, -0.2) is 4.79 Å². The van der Waals surface area contributed by atoms with Crippen LogP contribution in [0.15, 0.2) is 86.2 Å². The highest BCUT2D eigenvalue weighted by Gasteiger charge is 2.12. The number of nitrogens with zero attached hydrogens (tertiary/aromatic N) is 2. The van der Waals surface area contributed by atoms with Gasteiger partial charge in [0.15, 0.2) is 5.75 Å². The van der Waals surface area contributed by atoms with E-state index in [9.17, 15) is 9.90 Å². The quantitative estimate of drug-likeness (QED) is 0.726. The Morgan fingerprint density at radius 3 is 2.14 bits per heavy atom. The van der Waals surface area contributed by atoms with Crippen molar-refractivity contribution in [1.29, 1.82) is 0 Å². The first-order chi connectivity index (χ1) is 10.7. The summed E-state index contributed by atoms with van der Waals surface area (Å²) < 4.78 is 5.19. The van der Waals surface area contributed by atoms with E-state index in [2.05, 4.69) is 10.2 Å². The molecule has 3 rings (SSSR count). The average Bonchev–Trinajstić information content (AvgIpc) is 2.56. The predicted octanol–water partition coefficient (Wildman–Crippen LogP) is 4.43. The number of aromatic hydroxyl groups is 1. The van der Waals surface area contributed by atoms with Crippen LogP contribution in [0.2, 0.25) is 0 Å². The Labute approximate surface area is 126 Å². The molecular weight excluding hydrogens is 280 g/mol. The Balaban J connectivity index is 1.98. The smallest absolute Gasteiger partial charge is 0.368 e. The molecule has 0 unspecified atom stereocenters. The predicted molar refractivity (Wildman–Crippen MR) is 82.7 cm³/mol. The van der Waals surface area contributed by atoms with E-state index in [1.54, 1.807) is 36.4 Å². The van der Waals surface area contributed by atoms with Gasteiger partial charge in [0.2, 0.25) is 5.69 Å². The molecule has 0 spiro atoms. The van der Waals surface area contributed by atoms with Gasteiger partial charge in [0, 0.05) is 11.6 Å². The summed E-state index contributed by atoms with van der Waals surface area (Å²) in [6.45, 7) is 0. The monoisotopic (exact) mass is 292 g/mol. The van der Waals surface area contributed by atoms with E-state index >= 15 is 0 Å². The van der Waals surface area contributed by atoms with Gasteiger partial charge in [-0.3, -0.25) is 0 Å².